The summed E-state index contributed by atoms with van der Waals surface area (Å²) in [5, 5.41) is 0. The van der Waals surface area contributed by atoms with Gasteiger partial charge in [0.2, 0.25) is 0 Å². The van der Waals surface area contributed by atoms with Crippen LogP contribution < -0.4 is 0 Å². The summed E-state index contributed by atoms with van der Waals surface area (Å²) < 4.78 is 4.89. The van der Waals surface area contributed by atoms with Gasteiger partial charge in [-0.15, -0.1) is 0 Å². The summed E-state index contributed by atoms with van der Waals surface area (Å²) in [6, 6.07) is 0. The standard InChI is InChI=1S/C9H14O2/c1-4-6-7-8(3)11-9(10)5-2/h4-6,8H,2,7H2,1,3H3. The van der Waals surface area contributed by atoms with Gasteiger partial charge < -0.3 is 4.74 Å². The summed E-state index contributed by atoms with van der Waals surface area (Å²) in [6.07, 6.45) is 5.76. The maximum atomic E-state index is 10.6. The highest BCUT2D eigenvalue weighted by Crippen LogP contribution is 1.98. The van der Waals surface area contributed by atoms with Crippen LogP contribution in [0.5, 0.6) is 0 Å². The molecule has 0 saturated heterocycles. The van der Waals surface area contributed by atoms with Crippen LogP contribution in [0.1, 0.15) is 20.3 Å². The van der Waals surface area contributed by atoms with E-state index >= 15 is 0 Å². The van der Waals surface area contributed by atoms with Gasteiger partial charge in [0.25, 0.3) is 0 Å². The number of allylic oxidation sites excluding steroid dienone is 1. The Kier molecular flexibility index (Phi) is 5.17. The molecule has 0 amide bonds. The van der Waals surface area contributed by atoms with E-state index in [0.717, 1.165) is 6.42 Å². The van der Waals surface area contributed by atoms with Gasteiger partial charge in [0.15, 0.2) is 0 Å². The monoisotopic (exact) mass is 154 g/mol. The van der Waals surface area contributed by atoms with Crippen LogP contribution >= 0.6 is 0 Å². The molecule has 0 radical (unpaired) electrons. The van der Waals surface area contributed by atoms with Crippen molar-refractivity contribution in [3.63, 3.8) is 0 Å². The summed E-state index contributed by atoms with van der Waals surface area (Å²) in [4.78, 5) is 10.6. The van der Waals surface area contributed by atoms with Crippen molar-refractivity contribution in [1.82, 2.24) is 0 Å². The SMILES string of the molecule is C=CC(=O)OC(C)CC=CC. The van der Waals surface area contributed by atoms with E-state index in [9.17, 15) is 4.79 Å². The van der Waals surface area contributed by atoms with E-state index in [1.165, 1.54) is 6.08 Å². The lowest BCUT2D eigenvalue weighted by atomic mass is 10.3. The summed E-state index contributed by atoms with van der Waals surface area (Å²) in [7, 11) is 0. The maximum absolute atomic E-state index is 10.6. The molecule has 0 aromatic heterocycles. The zero-order valence-electron chi connectivity index (χ0n) is 7.04. The molecule has 0 heterocycles. The first-order chi connectivity index (χ1) is 5.20. The lowest BCUT2D eigenvalue weighted by Gasteiger charge is -2.07. The molecule has 0 aromatic carbocycles. The number of esters is 1. The fraction of sp³-hybridized carbons (Fsp3) is 0.444. The summed E-state index contributed by atoms with van der Waals surface area (Å²) in [6.45, 7) is 7.08. The Morgan fingerprint density at radius 2 is 2.36 bits per heavy atom. The van der Waals surface area contributed by atoms with Crippen LogP contribution in [-0.4, -0.2) is 12.1 Å². The molecule has 2 heteroatoms. The fourth-order valence-corrected chi connectivity index (χ4v) is 0.622. The minimum absolute atomic E-state index is 0.0586. The average molecular weight is 154 g/mol. The molecule has 0 aromatic rings. The third kappa shape index (κ3) is 5.40. The summed E-state index contributed by atoms with van der Waals surface area (Å²) in [5.74, 6) is -0.359. The lowest BCUT2D eigenvalue weighted by molar-refractivity contribution is -0.141. The second-order valence-corrected chi connectivity index (χ2v) is 2.26. The predicted molar refractivity (Wildman–Crippen MR) is 45.2 cm³/mol. The Balaban J connectivity index is 3.59. The molecule has 0 fully saturated rings. The Labute approximate surface area is 67.6 Å². The molecular weight excluding hydrogens is 140 g/mol. The van der Waals surface area contributed by atoms with Crippen LogP contribution in [0.2, 0.25) is 0 Å². The van der Waals surface area contributed by atoms with E-state index in [-0.39, 0.29) is 12.1 Å². The molecule has 0 aliphatic carbocycles. The van der Waals surface area contributed by atoms with E-state index in [0.29, 0.717) is 0 Å². The summed E-state index contributed by atoms with van der Waals surface area (Å²) in [5.41, 5.74) is 0. The van der Waals surface area contributed by atoms with E-state index in [1.807, 2.05) is 26.0 Å². The highest BCUT2D eigenvalue weighted by Gasteiger charge is 2.02. The topological polar surface area (TPSA) is 26.3 Å². The lowest BCUT2D eigenvalue weighted by Crippen LogP contribution is -2.11. The molecule has 0 aliphatic rings. The van der Waals surface area contributed by atoms with Gasteiger partial charge in [0.1, 0.15) is 6.10 Å². The number of hydrogen-bond acceptors (Lipinski definition) is 2. The third-order valence-corrected chi connectivity index (χ3v) is 1.19. The maximum Gasteiger partial charge on any atom is 0.330 e. The normalized spacial score (nSPS) is 12.9. The molecule has 0 spiro atoms. The van der Waals surface area contributed by atoms with Crippen LogP contribution in [-0.2, 0) is 9.53 Å². The van der Waals surface area contributed by atoms with E-state index < -0.39 is 0 Å². The first-order valence-electron chi connectivity index (χ1n) is 3.65. The van der Waals surface area contributed by atoms with E-state index in [1.54, 1.807) is 0 Å². The molecule has 0 bridgehead atoms. The molecule has 0 N–H and O–H groups in total. The van der Waals surface area contributed by atoms with Gasteiger partial charge in [-0.25, -0.2) is 4.79 Å². The number of carbonyl (C=O) groups excluding carboxylic acids is 1. The zero-order chi connectivity index (χ0) is 8.69. The number of rotatable bonds is 4. The number of ether oxygens (including phenoxy) is 1. The van der Waals surface area contributed by atoms with Crippen LogP contribution in [0.15, 0.2) is 24.8 Å². The zero-order valence-corrected chi connectivity index (χ0v) is 7.04. The Morgan fingerprint density at radius 1 is 1.73 bits per heavy atom. The molecule has 11 heavy (non-hydrogen) atoms. The van der Waals surface area contributed by atoms with Crippen LogP contribution in [0.4, 0.5) is 0 Å². The van der Waals surface area contributed by atoms with Crippen molar-refractivity contribution in [2.75, 3.05) is 0 Å². The summed E-state index contributed by atoms with van der Waals surface area (Å²) >= 11 is 0. The van der Waals surface area contributed by atoms with Crippen LogP contribution in [0.25, 0.3) is 0 Å². The van der Waals surface area contributed by atoms with Gasteiger partial charge in [0.05, 0.1) is 0 Å². The van der Waals surface area contributed by atoms with Gasteiger partial charge >= 0.3 is 5.97 Å². The second-order valence-electron chi connectivity index (χ2n) is 2.26. The largest absolute Gasteiger partial charge is 0.459 e. The molecule has 0 aliphatic heterocycles. The quantitative estimate of drug-likeness (QED) is 0.352. The van der Waals surface area contributed by atoms with E-state index in [2.05, 4.69) is 6.58 Å². The van der Waals surface area contributed by atoms with E-state index in [4.69, 9.17) is 4.74 Å². The highest BCUT2D eigenvalue weighted by atomic mass is 16.5. The predicted octanol–water partition coefficient (Wildman–Crippen LogP) is 2.07. The van der Waals surface area contributed by atoms with Crippen molar-refractivity contribution >= 4 is 5.97 Å². The fourth-order valence-electron chi connectivity index (χ4n) is 0.622. The van der Waals surface area contributed by atoms with Crippen molar-refractivity contribution in [2.24, 2.45) is 0 Å². The van der Waals surface area contributed by atoms with Gasteiger partial charge in [-0.1, -0.05) is 18.7 Å². The molecule has 1 atom stereocenters. The van der Waals surface area contributed by atoms with Gasteiger partial charge in [-0.3, -0.25) is 0 Å². The first kappa shape index (κ1) is 9.95. The minimum Gasteiger partial charge on any atom is -0.459 e. The first-order valence-corrected chi connectivity index (χ1v) is 3.65. The average Bonchev–Trinajstić information content (AvgIpc) is 2.00. The van der Waals surface area contributed by atoms with Crippen LogP contribution in [0.3, 0.4) is 0 Å². The van der Waals surface area contributed by atoms with Crippen molar-refractivity contribution < 1.29 is 9.53 Å². The molecule has 0 saturated carbocycles. The second kappa shape index (κ2) is 5.71. The van der Waals surface area contributed by atoms with Crippen molar-refractivity contribution in [3.8, 4) is 0 Å². The van der Waals surface area contributed by atoms with Gasteiger partial charge in [0, 0.05) is 12.5 Å². The smallest absolute Gasteiger partial charge is 0.330 e. The molecule has 1 unspecified atom stereocenters. The molecule has 62 valence electrons. The third-order valence-electron chi connectivity index (χ3n) is 1.19. The van der Waals surface area contributed by atoms with Gasteiger partial charge in [-0.2, -0.15) is 0 Å². The van der Waals surface area contributed by atoms with Crippen molar-refractivity contribution in [2.45, 2.75) is 26.4 Å². The minimum atomic E-state index is -0.359. The molecule has 0 rings (SSSR count). The van der Waals surface area contributed by atoms with Crippen molar-refractivity contribution in [1.29, 1.82) is 0 Å². The Bertz CT molecular complexity index is 159. The Morgan fingerprint density at radius 3 is 2.82 bits per heavy atom. The highest BCUT2D eigenvalue weighted by molar-refractivity contribution is 5.81. The number of carbonyl (C=O) groups is 1. The van der Waals surface area contributed by atoms with Gasteiger partial charge in [-0.05, 0) is 13.8 Å². The molecular formula is C9H14O2. The van der Waals surface area contributed by atoms with Crippen molar-refractivity contribution in [3.05, 3.63) is 24.8 Å². The Hall–Kier alpha value is -1.05. The number of hydrogen-bond donors (Lipinski definition) is 0. The molecule has 2 nitrogen and oxygen atoms in total. The van der Waals surface area contributed by atoms with Crippen LogP contribution in [0, 0.1) is 0 Å².